The number of aliphatic carboxylic acids is 1. The molecule has 5 nitrogen and oxygen atoms in total. The lowest BCUT2D eigenvalue weighted by atomic mass is 10.1. The van der Waals surface area contributed by atoms with Crippen molar-refractivity contribution in [2.75, 3.05) is 0 Å². The van der Waals surface area contributed by atoms with Gasteiger partial charge >= 0.3 is 5.97 Å². The number of rotatable bonds is 7. The number of benzene rings is 2. The van der Waals surface area contributed by atoms with E-state index in [1.54, 1.807) is 41.7 Å². The first-order valence-electron chi connectivity index (χ1n) is 7.90. The molecule has 0 bridgehead atoms. The van der Waals surface area contributed by atoms with Crippen molar-refractivity contribution in [3.63, 3.8) is 0 Å². The van der Waals surface area contributed by atoms with Crippen molar-refractivity contribution < 1.29 is 19.4 Å². The van der Waals surface area contributed by atoms with Gasteiger partial charge in [0.1, 0.15) is 24.2 Å². The summed E-state index contributed by atoms with van der Waals surface area (Å²) in [5.74, 6) is -0.622. The van der Waals surface area contributed by atoms with E-state index >= 15 is 0 Å². The molecule has 3 rings (SSSR count). The number of carboxylic acids is 1. The van der Waals surface area contributed by atoms with Gasteiger partial charge in [0, 0.05) is 16.7 Å². The highest BCUT2D eigenvalue weighted by Crippen LogP contribution is 2.32. The Bertz CT molecular complexity index is 982. The predicted octanol–water partition coefficient (Wildman–Crippen LogP) is 5.06. The summed E-state index contributed by atoms with van der Waals surface area (Å²) < 4.78 is 11.4. The van der Waals surface area contributed by atoms with Crippen LogP contribution in [0.4, 0.5) is 0 Å². The van der Waals surface area contributed by atoms with Gasteiger partial charge in [-0.1, -0.05) is 29.8 Å². The van der Waals surface area contributed by atoms with Crippen LogP contribution in [-0.4, -0.2) is 11.1 Å². The number of nitriles is 1. The highest BCUT2D eigenvalue weighted by Gasteiger charge is 2.25. The first-order chi connectivity index (χ1) is 13.1. The van der Waals surface area contributed by atoms with Crippen LogP contribution in [0.2, 0.25) is 5.02 Å². The predicted molar refractivity (Wildman–Crippen MR) is 102 cm³/mol. The lowest BCUT2D eigenvalue weighted by Gasteiger charge is -2.18. The van der Waals surface area contributed by atoms with Crippen LogP contribution in [0.3, 0.4) is 0 Å². The fourth-order valence-electron chi connectivity index (χ4n) is 2.39. The van der Waals surface area contributed by atoms with E-state index in [0.717, 1.165) is 5.56 Å². The Morgan fingerprint density at radius 3 is 2.74 bits per heavy atom. The third-order valence-corrected chi connectivity index (χ3v) is 4.79. The molecule has 27 heavy (non-hydrogen) atoms. The molecule has 0 saturated carbocycles. The average Bonchev–Trinajstić information content (AvgIpc) is 3.18. The van der Waals surface area contributed by atoms with Gasteiger partial charge in [-0.25, -0.2) is 4.79 Å². The van der Waals surface area contributed by atoms with E-state index in [2.05, 4.69) is 0 Å². The molecule has 1 heterocycles. The minimum Gasteiger partial charge on any atom is -0.489 e. The van der Waals surface area contributed by atoms with Crippen molar-refractivity contribution in [1.82, 2.24) is 0 Å². The zero-order chi connectivity index (χ0) is 19.2. The van der Waals surface area contributed by atoms with Crippen LogP contribution in [0, 0.1) is 11.3 Å². The Balaban J connectivity index is 1.87. The molecule has 2 aromatic carbocycles. The number of halogens is 1. The summed E-state index contributed by atoms with van der Waals surface area (Å²) in [6.07, 6.45) is -1.35. The summed E-state index contributed by atoms with van der Waals surface area (Å²) in [6, 6.07) is 15.2. The molecule has 0 aliphatic rings. The molecule has 1 aromatic heterocycles. The van der Waals surface area contributed by atoms with E-state index in [1.807, 2.05) is 22.9 Å². The second-order valence-electron chi connectivity index (χ2n) is 5.55. The van der Waals surface area contributed by atoms with Gasteiger partial charge in [0.05, 0.1) is 5.56 Å². The van der Waals surface area contributed by atoms with Gasteiger partial charge in [-0.3, -0.25) is 0 Å². The number of carboxylic acid groups (broad SMARTS) is 1. The molecule has 0 saturated heterocycles. The Labute approximate surface area is 165 Å². The highest BCUT2D eigenvalue weighted by atomic mass is 35.5. The van der Waals surface area contributed by atoms with Crippen LogP contribution in [-0.2, 0) is 11.4 Å². The molecule has 0 radical (unpaired) electrons. The maximum absolute atomic E-state index is 11.7. The van der Waals surface area contributed by atoms with Crippen LogP contribution in [0.5, 0.6) is 11.5 Å². The SMILES string of the molecule is N#Cc1ccc(OCc2ccsc2)cc1O[C@@H](C(=O)O)c1ccccc1Cl. The Hall–Kier alpha value is -3.01. The fraction of sp³-hybridized carbons (Fsp3) is 0.100. The number of hydrogen-bond donors (Lipinski definition) is 1. The van der Waals surface area contributed by atoms with Gasteiger partial charge in [0.25, 0.3) is 0 Å². The molecule has 0 spiro atoms. The quantitative estimate of drug-likeness (QED) is 0.600. The molecule has 0 fully saturated rings. The van der Waals surface area contributed by atoms with Crippen LogP contribution in [0.25, 0.3) is 0 Å². The number of thiophene rings is 1. The Morgan fingerprint density at radius 1 is 1.26 bits per heavy atom. The van der Waals surface area contributed by atoms with Crippen molar-refractivity contribution in [1.29, 1.82) is 5.26 Å². The molecule has 136 valence electrons. The standard InChI is InChI=1S/C20H14ClNO4S/c21-17-4-2-1-3-16(17)19(20(23)24)26-18-9-15(6-5-14(18)10-22)25-11-13-7-8-27-12-13/h1-9,12,19H,11H2,(H,23,24)/t19-/m1/s1. The number of carbonyl (C=O) groups is 1. The number of nitrogens with zero attached hydrogens (tertiary/aromatic N) is 1. The lowest BCUT2D eigenvalue weighted by molar-refractivity contribution is -0.145. The largest absolute Gasteiger partial charge is 0.489 e. The molecule has 7 heteroatoms. The van der Waals surface area contributed by atoms with E-state index < -0.39 is 12.1 Å². The average molecular weight is 400 g/mol. The second-order valence-corrected chi connectivity index (χ2v) is 6.73. The van der Waals surface area contributed by atoms with Gasteiger partial charge in [-0.2, -0.15) is 16.6 Å². The molecular formula is C20H14ClNO4S. The third kappa shape index (κ3) is 4.59. The van der Waals surface area contributed by atoms with Crippen molar-refractivity contribution in [3.05, 3.63) is 81.0 Å². The van der Waals surface area contributed by atoms with Gasteiger partial charge in [-0.15, -0.1) is 0 Å². The Morgan fingerprint density at radius 2 is 2.07 bits per heavy atom. The summed E-state index contributed by atoms with van der Waals surface area (Å²) in [4.78, 5) is 11.7. The van der Waals surface area contributed by atoms with E-state index in [9.17, 15) is 15.2 Å². The number of hydrogen-bond acceptors (Lipinski definition) is 5. The monoisotopic (exact) mass is 399 g/mol. The smallest absolute Gasteiger partial charge is 0.349 e. The molecule has 0 aliphatic carbocycles. The van der Waals surface area contributed by atoms with E-state index in [-0.39, 0.29) is 16.3 Å². The second kappa shape index (κ2) is 8.58. The van der Waals surface area contributed by atoms with Gasteiger partial charge in [0.2, 0.25) is 6.10 Å². The van der Waals surface area contributed by atoms with Gasteiger partial charge in [0.15, 0.2) is 0 Å². The van der Waals surface area contributed by atoms with Crippen LogP contribution < -0.4 is 9.47 Å². The van der Waals surface area contributed by atoms with Gasteiger partial charge in [-0.05, 0) is 40.6 Å². The van der Waals surface area contributed by atoms with E-state index in [4.69, 9.17) is 21.1 Å². The zero-order valence-corrected chi connectivity index (χ0v) is 15.5. The summed E-state index contributed by atoms with van der Waals surface area (Å²) in [5.41, 5.74) is 1.53. The summed E-state index contributed by atoms with van der Waals surface area (Å²) >= 11 is 7.68. The molecular weight excluding hydrogens is 386 g/mol. The van der Waals surface area contributed by atoms with Crippen molar-refractivity contribution in [3.8, 4) is 17.6 Å². The highest BCUT2D eigenvalue weighted by molar-refractivity contribution is 7.07. The summed E-state index contributed by atoms with van der Waals surface area (Å²) in [7, 11) is 0. The van der Waals surface area contributed by atoms with Crippen LogP contribution in [0.15, 0.2) is 59.3 Å². The fourth-order valence-corrected chi connectivity index (χ4v) is 3.27. The number of ether oxygens (including phenoxy) is 2. The zero-order valence-electron chi connectivity index (χ0n) is 14.0. The van der Waals surface area contributed by atoms with Crippen LogP contribution in [0.1, 0.15) is 22.8 Å². The topological polar surface area (TPSA) is 79.5 Å². The molecule has 1 atom stereocenters. The van der Waals surface area contributed by atoms with Crippen molar-refractivity contribution in [2.45, 2.75) is 12.7 Å². The van der Waals surface area contributed by atoms with Crippen molar-refractivity contribution in [2.24, 2.45) is 0 Å². The minimum absolute atomic E-state index is 0.118. The summed E-state index contributed by atoms with van der Waals surface area (Å²) in [6.45, 7) is 0.363. The molecule has 0 aliphatic heterocycles. The van der Waals surface area contributed by atoms with Crippen molar-refractivity contribution >= 4 is 28.9 Å². The first kappa shape index (κ1) is 18.8. The van der Waals surface area contributed by atoms with Gasteiger partial charge < -0.3 is 14.6 Å². The lowest BCUT2D eigenvalue weighted by Crippen LogP contribution is -2.19. The Kier molecular flexibility index (Phi) is 5.97. The molecule has 1 N–H and O–H groups in total. The minimum atomic E-state index is -1.35. The molecule has 0 unspecified atom stereocenters. The molecule has 0 amide bonds. The molecule has 3 aromatic rings. The summed E-state index contributed by atoms with van der Waals surface area (Å²) in [5, 5.41) is 23.1. The maximum atomic E-state index is 11.7. The normalized spacial score (nSPS) is 11.4. The van der Waals surface area contributed by atoms with Crippen LogP contribution >= 0.6 is 22.9 Å². The van der Waals surface area contributed by atoms with E-state index in [1.165, 1.54) is 12.1 Å². The maximum Gasteiger partial charge on any atom is 0.349 e. The first-order valence-corrected chi connectivity index (χ1v) is 9.22. The third-order valence-electron chi connectivity index (χ3n) is 3.72. The van der Waals surface area contributed by atoms with E-state index in [0.29, 0.717) is 17.9 Å².